The third-order valence-corrected chi connectivity index (χ3v) is 6.62. The highest BCUT2D eigenvalue weighted by atomic mass is 32.2. The van der Waals surface area contributed by atoms with Gasteiger partial charge >= 0.3 is 0 Å². The van der Waals surface area contributed by atoms with Gasteiger partial charge in [0.15, 0.2) is 9.84 Å². The molecule has 1 aromatic rings. The molecule has 7 heteroatoms. The van der Waals surface area contributed by atoms with E-state index in [1.165, 1.54) is 0 Å². The Labute approximate surface area is 114 Å². The lowest BCUT2D eigenvalue weighted by atomic mass is 10.2. The van der Waals surface area contributed by atoms with Crippen LogP contribution in [0.5, 0.6) is 0 Å². The van der Waals surface area contributed by atoms with Gasteiger partial charge in [-0.25, -0.2) is 21.6 Å². The molecule has 0 spiro atoms. The molecule has 0 unspecified atom stereocenters. The third-order valence-electron chi connectivity index (χ3n) is 3.17. The number of benzene rings is 1. The summed E-state index contributed by atoms with van der Waals surface area (Å²) in [5.41, 5.74) is 1.65. The molecule has 0 amide bonds. The van der Waals surface area contributed by atoms with E-state index in [1.807, 2.05) is 6.92 Å². The number of aryl methyl sites for hydroxylation is 2. The summed E-state index contributed by atoms with van der Waals surface area (Å²) in [6.07, 6.45) is 0.340. The highest BCUT2D eigenvalue weighted by Gasteiger charge is 2.31. The first kappa shape index (κ1) is 14.5. The molecule has 2 rings (SSSR count). The van der Waals surface area contributed by atoms with Crippen LogP contribution in [0.2, 0.25) is 0 Å². The van der Waals surface area contributed by atoms with Crippen LogP contribution in [0.4, 0.5) is 0 Å². The van der Waals surface area contributed by atoms with Gasteiger partial charge < -0.3 is 0 Å². The quantitative estimate of drug-likeness (QED) is 0.894. The molecule has 0 aliphatic carbocycles. The Kier molecular flexibility index (Phi) is 3.72. The third kappa shape index (κ3) is 3.34. The molecule has 0 aromatic heterocycles. The molecule has 106 valence electrons. The van der Waals surface area contributed by atoms with Crippen molar-refractivity contribution >= 4 is 19.9 Å². The molecule has 0 bridgehead atoms. The minimum absolute atomic E-state index is 0.0487. The molecule has 0 saturated carbocycles. The topological polar surface area (TPSA) is 80.3 Å². The maximum atomic E-state index is 12.2. The van der Waals surface area contributed by atoms with Gasteiger partial charge in [0.2, 0.25) is 10.0 Å². The van der Waals surface area contributed by atoms with Gasteiger partial charge in [-0.1, -0.05) is 17.7 Å². The predicted octanol–water partition coefficient (Wildman–Crippen LogP) is 0.769. The molecule has 1 aliphatic heterocycles. The second-order valence-corrected chi connectivity index (χ2v) is 8.90. The van der Waals surface area contributed by atoms with E-state index in [2.05, 4.69) is 4.72 Å². The van der Waals surface area contributed by atoms with E-state index in [0.29, 0.717) is 12.0 Å². The first-order valence-corrected chi connectivity index (χ1v) is 9.30. The van der Waals surface area contributed by atoms with Crippen molar-refractivity contribution in [2.75, 3.05) is 11.5 Å². The van der Waals surface area contributed by atoms with Gasteiger partial charge in [0.25, 0.3) is 0 Å². The van der Waals surface area contributed by atoms with Gasteiger partial charge in [-0.2, -0.15) is 0 Å². The summed E-state index contributed by atoms with van der Waals surface area (Å²) in [5, 5.41) is 0. The summed E-state index contributed by atoms with van der Waals surface area (Å²) in [6.45, 7) is 3.62. The fraction of sp³-hybridized carbons (Fsp3) is 0.500. The highest BCUT2D eigenvalue weighted by molar-refractivity contribution is 7.92. The molecule has 0 radical (unpaired) electrons. The Bertz CT molecular complexity index is 692. The van der Waals surface area contributed by atoms with Crippen molar-refractivity contribution in [1.82, 2.24) is 4.72 Å². The Morgan fingerprint density at radius 1 is 1.26 bits per heavy atom. The molecule has 1 fully saturated rings. The molecule has 1 atom stereocenters. The van der Waals surface area contributed by atoms with E-state index in [0.717, 1.165) is 5.56 Å². The van der Waals surface area contributed by atoms with Crippen molar-refractivity contribution in [3.63, 3.8) is 0 Å². The largest absolute Gasteiger partial charge is 0.241 e. The van der Waals surface area contributed by atoms with E-state index < -0.39 is 25.9 Å². The maximum absolute atomic E-state index is 12.2. The summed E-state index contributed by atoms with van der Waals surface area (Å²) in [6, 6.07) is 4.55. The summed E-state index contributed by atoms with van der Waals surface area (Å²) >= 11 is 0. The fourth-order valence-electron chi connectivity index (χ4n) is 2.27. The maximum Gasteiger partial charge on any atom is 0.241 e. The van der Waals surface area contributed by atoms with E-state index in [-0.39, 0.29) is 16.4 Å². The van der Waals surface area contributed by atoms with Crippen molar-refractivity contribution in [1.29, 1.82) is 0 Å². The average molecular weight is 303 g/mol. The molecule has 1 heterocycles. The van der Waals surface area contributed by atoms with Crippen LogP contribution in [0.15, 0.2) is 23.1 Å². The molecular formula is C12H17NO4S2. The SMILES string of the molecule is Cc1ccc(S(=O)(=O)N[C@@H]2CCS(=O)(=O)C2)c(C)c1. The van der Waals surface area contributed by atoms with Gasteiger partial charge in [-0.15, -0.1) is 0 Å². The average Bonchev–Trinajstić information content (AvgIpc) is 2.56. The fourth-order valence-corrected chi connectivity index (χ4v) is 5.55. The summed E-state index contributed by atoms with van der Waals surface area (Å²) < 4.78 is 49.6. The number of rotatable bonds is 3. The van der Waals surface area contributed by atoms with Crippen LogP contribution >= 0.6 is 0 Å². The first-order chi connectivity index (χ1) is 8.70. The van der Waals surface area contributed by atoms with Gasteiger partial charge in [-0.05, 0) is 31.9 Å². The van der Waals surface area contributed by atoms with Crippen molar-refractivity contribution < 1.29 is 16.8 Å². The van der Waals surface area contributed by atoms with Crippen molar-refractivity contribution in [3.8, 4) is 0 Å². The molecule has 19 heavy (non-hydrogen) atoms. The van der Waals surface area contributed by atoms with Crippen molar-refractivity contribution in [2.24, 2.45) is 0 Å². The van der Waals surface area contributed by atoms with Crippen molar-refractivity contribution in [3.05, 3.63) is 29.3 Å². The van der Waals surface area contributed by atoms with Crippen LogP contribution in [0.3, 0.4) is 0 Å². The summed E-state index contributed by atoms with van der Waals surface area (Å²) in [5.74, 6) is -0.0653. The number of sulfonamides is 1. The minimum atomic E-state index is -3.66. The zero-order chi connectivity index (χ0) is 14.3. The lowest BCUT2D eigenvalue weighted by Gasteiger charge is -2.13. The predicted molar refractivity (Wildman–Crippen MR) is 73.3 cm³/mol. The van der Waals surface area contributed by atoms with Crippen LogP contribution in [-0.2, 0) is 19.9 Å². The normalized spacial score (nSPS) is 22.5. The molecule has 1 saturated heterocycles. The zero-order valence-corrected chi connectivity index (χ0v) is 12.5. The Morgan fingerprint density at radius 2 is 1.95 bits per heavy atom. The second-order valence-electron chi connectivity index (χ2n) is 4.99. The number of hydrogen-bond donors (Lipinski definition) is 1. The first-order valence-electron chi connectivity index (χ1n) is 6.00. The molecule has 1 N–H and O–H groups in total. The van der Waals surface area contributed by atoms with Gasteiger partial charge in [0.05, 0.1) is 16.4 Å². The van der Waals surface area contributed by atoms with Crippen LogP contribution < -0.4 is 4.72 Å². The Balaban J connectivity index is 2.24. The summed E-state index contributed by atoms with van der Waals surface area (Å²) in [7, 11) is -6.75. The van der Waals surface area contributed by atoms with E-state index in [9.17, 15) is 16.8 Å². The standard InChI is InChI=1S/C12H17NO4S2/c1-9-3-4-12(10(2)7-9)19(16,17)13-11-5-6-18(14,15)8-11/h3-4,7,11,13H,5-6,8H2,1-2H3/t11-/m1/s1. The van der Waals surface area contributed by atoms with E-state index >= 15 is 0 Å². The number of nitrogens with one attached hydrogen (secondary N) is 1. The Hall–Kier alpha value is -0.920. The monoisotopic (exact) mass is 303 g/mol. The van der Waals surface area contributed by atoms with Crippen molar-refractivity contribution in [2.45, 2.75) is 31.2 Å². The van der Waals surface area contributed by atoms with Crippen LogP contribution in [-0.4, -0.2) is 34.4 Å². The van der Waals surface area contributed by atoms with Crippen LogP contribution in [0, 0.1) is 13.8 Å². The van der Waals surface area contributed by atoms with E-state index in [4.69, 9.17) is 0 Å². The van der Waals surface area contributed by atoms with Crippen LogP contribution in [0.1, 0.15) is 17.5 Å². The molecule has 1 aliphatic rings. The van der Waals surface area contributed by atoms with Crippen LogP contribution in [0.25, 0.3) is 0 Å². The molecule has 5 nitrogen and oxygen atoms in total. The van der Waals surface area contributed by atoms with E-state index in [1.54, 1.807) is 25.1 Å². The van der Waals surface area contributed by atoms with Gasteiger partial charge in [0, 0.05) is 6.04 Å². The lowest BCUT2D eigenvalue weighted by molar-refractivity contribution is 0.562. The summed E-state index contributed by atoms with van der Waals surface area (Å²) in [4.78, 5) is 0.211. The van der Waals surface area contributed by atoms with Gasteiger partial charge in [-0.3, -0.25) is 0 Å². The zero-order valence-electron chi connectivity index (χ0n) is 10.9. The second kappa shape index (κ2) is 4.88. The molecule has 1 aromatic carbocycles. The highest BCUT2D eigenvalue weighted by Crippen LogP contribution is 2.19. The minimum Gasteiger partial charge on any atom is -0.229 e. The van der Waals surface area contributed by atoms with Gasteiger partial charge in [0.1, 0.15) is 0 Å². The number of hydrogen-bond acceptors (Lipinski definition) is 4. The molecular weight excluding hydrogens is 286 g/mol. The lowest BCUT2D eigenvalue weighted by Crippen LogP contribution is -2.35. The number of sulfone groups is 1. The Morgan fingerprint density at radius 3 is 2.47 bits per heavy atom. The smallest absolute Gasteiger partial charge is 0.229 e.